The van der Waals surface area contributed by atoms with Crippen LogP contribution in [0.2, 0.25) is 0 Å². The first-order valence-electron chi connectivity index (χ1n) is 8.86. The Labute approximate surface area is 159 Å². The zero-order valence-electron chi connectivity index (χ0n) is 15.9. The fourth-order valence-electron chi connectivity index (χ4n) is 2.57. The first kappa shape index (κ1) is 20.3. The van der Waals surface area contributed by atoms with Gasteiger partial charge in [0.05, 0.1) is 0 Å². The van der Waals surface area contributed by atoms with Crippen LogP contribution in [0.25, 0.3) is 0 Å². The average molecular weight is 370 g/mol. The van der Waals surface area contributed by atoms with Crippen molar-refractivity contribution in [3.05, 3.63) is 54.1 Å². The van der Waals surface area contributed by atoms with Crippen molar-refractivity contribution in [3.63, 3.8) is 0 Å². The molecule has 2 rings (SSSR count). The summed E-state index contributed by atoms with van der Waals surface area (Å²) in [6, 6.07) is 13.9. The summed E-state index contributed by atoms with van der Waals surface area (Å²) >= 11 is 0. The summed E-state index contributed by atoms with van der Waals surface area (Å²) in [5, 5.41) is 11.7. The fourth-order valence-corrected chi connectivity index (χ4v) is 2.57. The van der Waals surface area contributed by atoms with E-state index in [1.54, 1.807) is 34.6 Å². The fraction of sp³-hybridized carbons (Fsp3) is 0.300. The molecule has 0 aliphatic carbocycles. The summed E-state index contributed by atoms with van der Waals surface area (Å²) in [5.41, 5.74) is 4.30. The molecule has 2 aromatic carbocycles. The van der Waals surface area contributed by atoms with Gasteiger partial charge in [-0.1, -0.05) is 19.4 Å². The average Bonchev–Trinajstić information content (AvgIpc) is 2.68. The quantitative estimate of drug-likeness (QED) is 0.512. The van der Waals surface area contributed by atoms with E-state index in [4.69, 9.17) is 5.21 Å². The first-order chi connectivity index (χ1) is 13.0. The van der Waals surface area contributed by atoms with Gasteiger partial charge in [-0.15, -0.1) is 0 Å². The van der Waals surface area contributed by atoms with Gasteiger partial charge in [-0.2, -0.15) is 0 Å². The van der Waals surface area contributed by atoms with Crippen molar-refractivity contribution in [1.82, 2.24) is 5.48 Å². The predicted molar refractivity (Wildman–Crippen MR) is 108 cm³/mol. The summed E-state index contributed by atoms with van der Waals surface area (Å²) < 4.78 is 0. The van der Waals surface area contributed by atoms with Gasteiger partial charge >= 0.3 is 6.03 Å². The number of nitrogens with one attached hydrogen (secondary N) is 2. The van der Waals surface area contributed by atoms with Crippen molar-refractivity contribution >= 4 is 29.0 Å². The third-order valence-electron chi connectivity index (χ3n) is 4.14. The van der Waals surface area contributed by atoms with Gasteiger partial charge in [-0.3, -0.25) is 14.9 Å². The number of hydroxylamine groups is 1. The number of rotatable bonds is 7. The standard InChI is InChI=1S/C20H26N4O3/c1-4-5-13-24(17-11-9-15(10-12-17)19(25)22-27)20(26)21-16-7-6-8-18(14-16)23(2)3/h6-12,14,27H,4-5,13H2,1-3H3,(H,21,26)(H,22,25). The number of hydrogen-bond acceptors (Lipinski definition) is 4. The zero-order chi connectivity index (χ0) is 19.8. The van der Waals surface area contributed by atoms with Crippen LogP contribution in [0.4, 0.5) is 21.9 Å². The number of carbonyl (C=O) groups excluding carboxylic acids is 2. The van der Waals surface area contributed by atoms with Gasteiger partial charge in [-0.05, 0) is 48.9 Å². The van der Waals surface area contributed by atoms with Crippen LogP contribution in [0.3, 0.4) is 0 Å². The highest BCUT2D eigenvalue weighted by molar-refractivity contribution is 6.02. The minimum Gasteiger partial charge on any atom is -0.378 e. The summed E-state index contributed by atoms with van der Waals surface area (Å²) in [4.78, 5) is 27.9. The molecule has 0 unspecified atom stereocenters. The molecule has 27 heavy (non-hydrogen) atoms. The maximum atomic E-state index is 12.9. The van der Waals surface area contributed by atoms with Gasteiger partial charge in [0.2, 0.25) is 0 Å². The Morgan fingerprint density at radius 2 is 1.74 bits per heavy atom. The van der Waals surface area contributed by atoms with E-state index in [-0.39, 0.29) is 6.03 Å². The van der Waals surface area contributed by atoms with E-state index in [0.29, 0.717) is 23.5 Å². The van der Waals surface area contributed by atoms with Crippen molar-refractivity contribution in [2.45, 2.75) is 19.8 Å². The lowest BCUT2D eigenvalue weighted by Gasteiger charge is -2.24. The SMILES string of the molecule is CCCCN(C(=O)Nc1cccc(N(C)C)c1)c1ccc(C(=O)NO)cc1. The van der Waals surface area contributed by atoms with E-state index in [0.717, 1.165) is 18.5 Å². The maximum Gasteiger partial charge on any atom is 0.326 e. The molecular formula is C20H26N4O3. The third kappa shape index (κ3) is 5.46. The Morgan fingerprint density at radius 3 is 2.33 bits per heavy atom. The van der Waals surface area contributed by atoms with E-state index < -0.39 is 5.91 Å². The molecule has 7 nitrogen and oxygen atoms in total. The summed E-state index contributed by atoms with van der Waals surface area (Å²) in [5.74, 6) is -0.591. The molecule has 0 saturated carbocycles. The minimum atomic E-state index is -0.591. The molecule has 7 heteroatoms. The summed E-state index contributed by atoms with van der Waals surface area (Å²) in [6.45, 7) is 2.62. The van der Waals surface area contributed by atoms with Crippen LogP contribution in [-0.2, 0) is 0 Å². The number of carbonyl (C=O) groups is 2. The molecule has 0 bridgehead atoms. The molecule has 144 valence electrons. The van der Waals surface area contributed by atoms with Gasteiger partial charge in [0.25, 0.3) is 5.91 Å². The van der Waals surface area contributed by atoms with E-state index >= 15 is 0 Å². The summed E-state index contributed by atoms with van der Waals surface area (Å²) in [7, 11) is 3.89. The molecule has 2 aromatic rings. The van der Waals surface area contributed by atoms with Crippen LogP contribution in [0.1, 0.15) is 30.1 Å². The second kappa shape index (κ2) is 9.59. The molecule has 3 amide bonds. The van der Waals surface area contributed by atoms with E-state index in [1.807, 2.05) is 43.3 Å². The Morgan fingerprint density at radius 1 is 1.04 bits per heavy atom. The largest absolute Gasteiger partial charge is 0.378 e. The smallest absolute Gasteiger partial charge is 0.326 e. The van der Waals surface area contributed by atoms with Crippen LogP contribution in [0, 0.1) is 0 Å². The van der Waals surface area contributed by atoms with Crippen LogP contribution in [-0.4, -0.2) is 37.8 Å². The van der Waals surface area contributed by atoms with E-state index in [2.05, 4.69) is 12.2 Å². The number of amides is 3. The Balaban J connectivity index is 2.20. The lowest BCUT2D eigenvalue weighted by atomic mass is 10.2. The summed E-state index contributed by atoms with van der Waals surface area (Å²) in [6.07, 6.45) is 1.80. The van der Waals surface area contributed by atoms with E-state index in [9.17, 15) is 9.59 Å². The van der Waals surface area contributed by atoms with Crippen LogP contribution >= 0.6 is 0 Å². The highest BCUT2D eigenvalue weighted by Gasteiger charge is 2.16. The highest BCUT2D eigenvalue weighted by atomic mass is 16.5. The van der Waals surface area contributed by atoms with Gasteiger partial charge < -0.3 is 10.2 Å². The molecule has 0 saturated heterocycles. The molecule has 0 fully saturated rings. The normalized spacial score (nSPS) is 10.2. The van der Waals surface area contributed by atoms with Crippen LogP contribution in [0.5, 0.6) is 0 Å². The molecule has 3 N–H and O–H groups in total. The number of unbranched alkanes of at least 4 members (excludes halogenated alkanes) is 1. The number of urea groups is 1. The molecule has 0 aromatic heterocycles. The third-order valence-corrected chi connectivity index (χ3v) is 4.14. The van der Waals surface area contributed by atoms with Gasteiger partial charge in [0, 0.05) is 43.3 Å². The van der Waals surface area contributed by atoms with Crippen LogP contribution < -0.4 is 20.6 Å². The topological polar surface area (TPSA) is 84.9 Å². The second-order valence-electron chi connectivity index (χ2n) is 6.37. The second-order valence-corrected chi connectivity index (χ2v) is 6.37. The molecular weight excluding hydrogens is 344 g/mol. The molecule has 0 heterocycles. The number of anilines is 3. The minimum absolute atomic E-state index is 0.237. The van der Waals surface area contributed by atoms with Crippen molar-refractivity contribution in [2.24, 2.45) is 0 Å². The van der Waals surface area contributed by atoms with E-state index in [1.165, 1.54) is 0 Å². The number of nitrogens with zero attached hydrogens (tertiary/aromatic N) is 2. The molecule has 0 aliphatic rings. The molecule has 0 atom stereocenters. The van der Waals surface area contributed by atoms with Crippen molar-refractivity contribution in [1.29, 1.82) is 0 Å². The number of benzene rings is 2. The Bertz CT molecular complexity index is 775. The first-order valence-corrected chi connectivity index (χ1v) is 8.86. The molecule has 0 aliphatic heterocycles. The number of hydrogen-bond donors (Lipinski definition) is 3. The molecule has 0 spiro atoms. The lowest BCUT2D eigenvalue weighted by Crippen LogP contribution is -2.36. The van der Waals surface area contributed by atoms with Crippen molar-refractivity contribution in [2.75, 3.05) is 35.8 Å². The van der Waals surface area contributed by atoms with Crippen molar-refractivity contribution < 1.29 is 14.8 Å². The predicted octanol–water partition coefficient (Wildman–Crippen LogP) is 3.71. The van der Waals surface area contributed by atoms with Gasteiger partial charge in [-0.25, -0.2) is 10.3 Å². The van der Waals surface area contributed by atoms with Crippen LogP contribution in [0.15, 0.2) is 48.5 Å². The maximum absolute atomic E-state index is 12.9. The lowest BCUT2D eigenvalue weighted by molar-refractivity contribution is 0.0706. The molecule has 0 radical (unpaired) electrons. The van der Waals surface area contributed by atoms with Crippen molar-refractivity contribution in [3.8, 4) is 0 Å². The Hall–Kier alpha value is -3.06. The highest BCUT2D eigenvalue weighted by Crippen LogP contribution is 2.21. The van der Waals surface area contributed by atoms with Gasteiger partial charge in [0.15, 0.2) is 0 Å². The zero-order valence-corrected chi connectivity index (χ0v) is 15.9. The Kier molecular flexibility index (Phi) is 7.19. The van der Waals surface area contributed by atoms with Gasteiger partial charge in [0.1, 0.15) is 0 Å². The monoisotopic (exact) mass is 370 g/mol.